The van der Waals surface area contributed by atoms with E-state index < -0.39 is 0 Å². The van der Waals surface area contributed by atoms with Crippen LogP contribution in [-0.2, 0) is 4.74 Å². The maximum Gasteiger partial charge on any atom is 0.0642 e. The van der Waals surface area contributed by atoms with Crippen molar-refractivity contribution in [2.24, 2.45) is 0 Å². The Labute approximate surface area is 115 Å². The molecule has 4 heteroatoms. The molecule has 0 atom stereocenters. The summed E-state index contributed by atoms with van der Waals surface area (Å²) in [5.74, 6) is 0. The van der Waals surface area contributed by atoms with Crippen molar-refractivity contribution in [3.8, 4) is 0 Å². The fourth-order valence-corrected chi connectivity index (χ4v) is 2.98. The van der Waals surface area contributed by atoms with Crippen LogP contribution in [0.2, 0.25) is 0 Å². The average molecular weight is 261 g/mol. The lowest BCUT2D eigenvalue weighted by molar-refractivity contribution is 0.123. The van der Waals surface area contributed by atoms with Gasteiger partial charge in [0.15, 0.2) is 0 Å². The van der Waals surface area contributed by atoms with Crippen molar-refractivity contribution in [1.82, 2.24) is 0 Å². The first-order valence-corrected chi connectivity index (χ1v) is 7.32. The Kier molecular flexibility index (Phi) is 3.78. The molecular weight excluding hydrogens is 238 g/mol. The first-order valence-electron chi connectivity index (χ1n) is 7.32. The van der Waals surface area contributed by atoms with Crippen molar-refractivity contribution < 1.29 is 4.74 Å². The Morgan fingerprint density at radius 3 is 2.32 bits per heavy atom. The second kappa shape index (κ2) is 5.70. The van der Waals surface area contributed by atoms with E-state index in [0.717, 1.165) is 50.8 Å². The SMILES string of the molecule is Nc1cc(N2CCCCC2)ccc1N1CCOCC1. The quantitative estimate of drug-likeness (QED) is 0.828. The molecule has 2 aliphatic heterocycles. The lowest BCUT2D eigenvalue weighted by Gasteiger charge is -2.32. The third-order valence-electron chi connectivity index (χ3n) is 4.08. The topological polar surface area (TPSA) is 41.7 Å². The number of nitrogens with zero attached hydrogens (tertiary/aromatic N) is 2. The highest BCUT2D eigenvalue weighted by atomic mass is 16.5. The van der Waals surface area contributed by atoms with Gasteiger partial charge >= 0.3 is 0 Å². The maximum absolute atomic E-state index is 6.25. The number of hydrogen-bond donors (Lipinski definition) is 1. The molecule has 2 aliphatic rings. The molecule has 0 aromatic heterocycles. The zero-order valence-corrected chi connectivity index (χ0v) is 11.5. The van der Waals surface area contributed by atoms with Crippen LogP contribution in [0.15, 0.2) is 18.2 Å². The van der Waals surface area contributed by atoms with Gasteiger partial charge in [-0.25, -0.2) is 0 Å². The van der Waals surface area contributed by atoms with Crippen LogP contribution < -0.4 is 15.5 Å². The second-order valence-electron chi connectivity index (χ2n) is 5.39. The number of hydrogen-bond acceptors (Lipinski definition) is 4. The molecule has 2 heterocycles. The van der Waals surface area contributed by atoms with Crippen LogP contribution in [0.25, 0.3) is 0 Å². The van der Waals surface area contributed by atoms with Crippen LogP contribution in [-0.4, -0.2) is 39.4 Å². The molecular formula is C15H23N3O. The summed E-state index contributed by atoms with van der Waals surface area (Å²) in [7, 11) is 0. The lowest BCUT2D eigenvalue weighted by atomic mass is 10.1. The Bertz CT molecular complexity index is 423. The highest BCUT2D eigenvalue weighted by Crippen LogP contribution is 2.30. The summed E-state index contributed by atoms with van der Waals surface area (Å²) < 4.78 is 5.39. The van der Waals surface area contributed by atoms with Crippen molar-refractivity contribution in [2.45, 2.75) is 19.3 Å². The normalized spacial score (nSPS) is 20.6. The van der Waals surface area contributed by atoms with Gasteiger partial charge < -0.3 is 20.3 Å². The number of morpholine rings is 1. The van der Waals surface area contributed by atoms with Gasteiger partial charge in [-0.3, -0.25) is 0 Å². The number of benzene rings is 1. The van der Waals surface area contributed by atoms with Crippen molar-refractivity contribution >= 4 is 17.1 Å². The molecule has 1 aromatic rings. The smallest absolute Gasteiger partial charge is 0.0642 e. The van der Waals surface area contributed by atoms with E-state index >= 15 is 0 Å². The summed E-state index contributed by atoms with van der Waals surface area (Å²) in [4.78, 5) is 4.77. The summed E-state index contributed by atoms with van der Waals surface area (Å²) in [5.41, 5.74) is 9.57. The van der Waals surface area contributed by atoms with Gasteiger partial charge in [-0.05, 0) is 37.5 Å². The zero-order valence-electron chi connectivity index (χ0n) is 11.5. The van der Waals surface area contributed by atoms with Gasteiger partial charge in [-0.2, -0.15) is 0 Å². The van der Waals surface area contributed by atoms with Gasteiger partial charge in [0, 0.05) is 31.9 Å². The van der Waals surface area contributed by atoms with E-state index in [1.807, 2.05) is 0 Å². The van der Waals surface area contributed by atoms with Gasteiger partial charge in [-0.15, -0.1) is 0 Å². The molecule has 0 radical (unpaired) electrons. The van der Waals surface area contributed by atoms with Crippen molar-refractivity contribution in [3.63, 3.8) is 0 Å². The van der Waals surface area contributed by atoms with Gasteiger partial charge in [-0.1, -0.05) is 0 Å². The van der Waals surface area contributed by atoms with E-state index in [4.69, 9.17) is 10.5 Å². The third kappa shape index (κ3) is 2.78. The Morgan fingerprint density at radius 1 is 0.895 bits per heavy atom. The minimum atomic E-state index is 0.799. The highest BCUT2D eigenvalue weighted by Gasteiger charge is 2.16. The molecule has 0 spiro atoms. The minimum absolute atomic E-state index is 0.799. The van der Waals surface area contributed by atoms with Gasteiger partial charge in [0.05, 0.1) is 24.6 Å². The maximum atomic E-state index is 6.25. The van der Waals surface area contributed by atoms with Gasteiger partial charge in [0.25, 0.3) is 0 Å². The van der Waals surface area contributed by atoms with Crippen molar-refractivity contribution in [1.29, 1.82) is 0 Å². The van der Waals surface area contributed by atoms with E-state index in [0.29, 0.717) is 0 Å². The van der Waals surface area contributed by atoms with Gasteiger partial charge in [0.1, 0.15) is 0 Å². The summed E-state index contributed by atoms with van der Waals surface area (Å²) >= 11 is 0. The summed E-state index contributed by atoms with van der Waals surface area (Å²) in [6.45, 7) is 5.80. The van der Waals surface area contributed by atoms with Crippen LogP contribution in [0.1, 0.15) is 19.3 Å². The van der Waals surface area contributed by atoms with E-state index in [-0.39, 0.29) is 0 Å². The van der Waals surface area contributed by atoms with Gasteiger partial charge in [0.2, 0.25) is 0 Å². The van der Waals surface area contributed by atoms with Crippen LogP contribution in [0, 0.1) is 0 Å². The predicted molar refractivity (Wildman–Crippen MR) is 80.0 cm³/mol. The van der Waals surface area contributed by atoms with E-state index in [2.05, 4.69) is 28.0 Å². The molecule has 19 heavy (non-hydrogen) atoms. The minimum Gasteiger partial charge on any atom is -0.397 e. The first kappa shape index (κ1) is 12.6. The number of nitrogen functional groups attached to an aromatic ring is 1. The Morgan fingerprint density at radius 2 is 1.63 bits per heavy atom. The van der Waals surface area contributed by atoms with E-state index in [1.165, 1.54) is 24.9 Å². The lowest BCUT2D eigenvalue weighted by Crippen LogP contribution is -2.36. The Hall–Kier alpha value is -1.42. The fourth-order valence-electron chi connectivity index (χ4n) is 2.98. The first-order chi connectivity index (χ1) is 9.34. The highest BCUT2D eigenvalue weighted by molar-refractivity contribution is 5.73. The average Bonchev–Trinajstić information content (AvgIpc) is 2.49. The molecule has 0 unspecified atom stereocenters. The molecule has 0 saturated carbocycles. The number of anilines is 3. The molecule has 2 fully saturated rings. The number of nitrogens with two attached hydrogens (primary N) is 1. The largest absolute Gasteiger partial charge is 0.397 e. The molecule has 0 aliphatic carbocycles. The number of ether oxygens (including phenoxy) is 1. The van der Waals surface area contributed by atoms with Crippen LogP contribution in [0.4, 0.5) is 17.1 Å². The predicted octanol–water partition coefficient (Wildman–Crippen LogP) is 2.10. The molecule has 2 saturated heterocycles. The zero-order chi connectivity index (χ0) is 13.1. The number of piperidine rings is 1. The fraction of sp³-hybridized carbons (Fsp3) is 0.600. The third-order valence-corrected chi connectivity index (χ3v) is 4.08. The van der Waals surface area contributed by atoms with Crippen LogP contribution in [0.5, 0.6) is 0 Å². The van der Waals surface area contributed by atoms with E-state index in [1.54, 1.807) is 0 Å². The molecule has 0 amide bonds. The Balaban J connectivity index is 1.76. The van der Waals surface area contributed by atoms with Crippen LogP contribution >= 0.6 is 0 Å². The van der Waals surface area contributed by atoms with Crippen molar-refractivity contribution in [2.75, 3.05) is 54.9 Å². The molecule has 104 valence electrons. The molecule has 4 nitrogen and oxygen atoms in total. The van der Waals surface area contributed by atoms with Crippen molar-refractivity contribution in [3.05, 3.63) is 18.2 Å². The monoisotopic (exact) mass is 261 g/mol. The summed E-state index contributed by atoms with van der Waals surface area (Å²) in [6.07, 6.45) is 3.95. The van der Waals surface area contributed by atoms with Crippen LogP contribution in [0.3, 0.4) is 0 Å². The molecule has 3 rings (SSSR count). The van der Waals surface area contributed by atoms with E-state index in [9.17, 15) is 0 Å². The number of rotatable bonds is 2. The summed E-state index contributed by atoms with van der Waals surface area (Å²) in [5, 5.41) is 0. The molecule has 0 bridgehead atoms. The molecule has 2 N–H and O–H groups in total. The summed E-state index contributed by atoms with van der Waals surface area (Å²) in [6, 6.07) is 6.52. The standard InChI is InChI=1S/C15H23N3O/c16-14-12-13(17-6-2-1-3-7-17)4-5-15(14)18-8-10-19-11-9-18/h4-5,12H,1-3,6-11,16H2. The second-order valence-corrected chi connectivity index (χ2v) is 5.39. The molecule has 1 aromatic carbocycles.